The second-order valence-electron chi connectivity index (χ2n) is 12.4. The molecule has 1 radical (unpaired) electrons. The number of hydrogen-bond donors (Lipinski definition) is 0. The molecule has 4 aromatic carbocycles. The van der Waals surface area contributed by atoms with Crippen LogP contribution in [-0.2, 0) is 25.5 Å². The first kappa shape index (κ1) is 33.5. The largest absolute Gasteiger partial charge is 0.305 e. The summed E-state index contributed by atoms with van der Waals surface area (Å²) >= 11 is 0. The first-order valence-electron chi connectivity index (χ1n) is 15.5. The fourth-order valence-electron chi connectivity index (χ4n) is 5.32. The van der Waals surface area contributed by atoms with Gasteiger partial charge in [-0.05, 0) is 59.5 Å². The Labute approximate surface area is 291 Å². The molecule has 0 saturated carbocycles. The van der Waals surface area contributed by atoms with E-state index in [-0.39, 0.29) is 25.5 Å². The molecule has 3 heterocycles. The van der Waals surface area contributed by atoms with Gasteiger partial charge in [-0.1, -0.05) is 86.0 Å². The van der Waals surface area contributed by atoms with Crippen molar-refractivity contribution in [1.82, 2.24) is 19.9 Å². The minimum atomic E-state index is 0. The molecule has 0 amide bonds. The monoisotopic (exact) mass is 789 g/mol. The third kappa shape index (κ3) is 7.94. The Kier molecular flexibility index (Phi) is 10.5. The molecule has 5 heteroatoms. The molecular formula is C42H36IrN4-2. The number of benzene rings is 4. The van der Waals surface area contributed by atoms with E-state index in [9.17, 15) is 0 Å². The number of aryl methyl sites for hydroxylation is 2. The smallest absolute Gasteiger partial charge is 0.0970 e. The van der Waals surface area contributed by atoms with Crippen molar-refractivity contribution in [3.8, 4) is 44.8 Å². The molecule has 3 aromatic heterocycles. The maximum Gasteiger partial charge on any atom is 0.0970 e. The molecule has 0 bridgehead atoms. The van der Waals surface area contributed by atoms with Gasteiger partial charge in [0.15, 0.2) is 0 Å². The van der Waals surface area contributed by atoms with E-state index in [1.165, 1.54) is 16.7 Å². The summed E-state index contributed by atoms with van der Waals surface area (Å²) in [6, 6.07) is 41.7. The van der Waals surface area contributed by atoms with Crippen LogP contribution in [0, 0.1) is 26.0 Å². The van der Waals surface area contributed by atoms with E-state index < -0.39 is 0 Å². The molecule has 7 aromatic rings. The molecule has 0 aliphatic heterocycles. The third-order valence-electron chi connectivity index (χ3n) is 7.90. The predicted molar refractivity (Wildman–Crippen MR) is 189 cm³/mol. The molecule has 0 spiro atoms. The van der Waals surface area contributed by atoms with Crippen molar-refractivity contribution in [1.29, 1.82) is 0 Å². The summed E-state index contributed by atoms with van der Waals surface area (Å²) in [5.74, 6) is 0. The maximum absolute atomic E-state index is 4.72. The summed E-state index contributed by atoms with van der Waals surface area (Å²) in [5, 5.41) is 0. The zero-order valence-corrected chi connectivity index (χ0v) is 29.6. The van der Waals surface area contributed by atoms with Crippen LogP contribution in [-0.4, -0.2) is 19.9 Å². The van der Waals surface area contributed by atoms with Crippen LogP contribution in [0.5, 0.6) is 0 Å². The Morgan fingerprint density at radius 2 is 1.15 bits per heavy atom. The summed E-state index contributed by atoms with van der Waals surface area (Å²) in [5.41, 5.74) is 13.9. The summed E-state index contributed by atoms with van der Waals surface area (Å²) in [6.45, 7) is 10.8. The van der Waals surface area contributed by atoms with Gasteiger partial charge in [0.2, 0.25) is 0 Å². The summed E-state index contributed by atoms with van der Waals surface area (Å²) < 4.78 is 0. The number of rotatable bonds is 4. The summed E-state index contributed by atoms with van der Waals surface area (Å²) in [4.78, 5) is 18.3. The fraction of sp³-hybridized carbons (Fsp3) is 0.143. The Morgan fingerprint density at radius 3 is 1.79 bits per heavy atom. The van der Waals surface area contributed by atoms with Crippen LogP contribution in [0.2, 0.25) is 0 Å². The number of nitrogens with zero attached hydrogens (tertiary/aromatic N) is 4. The minimum Gasteiger partial charge on any atom is -0.305 e. The molecule has 0 saturated heterocycles. The van der Waals surface area contributed by atoms with Crippen LogP contribution in [0.25, 0.3) is 55.8 Å². The number of hydrogen-bond acceptors (Lipinski definition) is 4. The SMILES string of the molecule is Cc1ccc(-c2ccc(-c3cc[c-]c(-c4cc(C(C)(C)C)ccn4)c3)c3nccnc23)cc1.Cc1ccnc(-c2[c-]cccc2)c1.[Ir]. The quantitative estimate of drug-likeness (QED) is 0.167. The Hall–Kier alpha value is -4.83. The van der Waals surface area contributed by atoms with Crippen molar-refractivity contribution in [3.63, 3.8) is 0 Å². The molecule has 0 unspecified atom stereocenters. The van der Waals surface area contributed by atoms with E-state index in [1.807, 2.05) is 48.8 Å². The fourth-order valence-corrected chi connectivity index (χ4v) is 5.32. The van der Waals surface area contributed by atoms with Gasteiger partial charge in [-0.2, -0.15) is 0 Å². The van der Waals surface area contributed by atoms with Gasteiger partial charge in [-0.3, -0.25) is 9.97 Å². The Bertz CT molecular complexity index is 2100. The van der Waals surface area contributed by atoms with Crippen molar-refractivity contribution in [2.75, 3.05) is 0 Å². The standard InChI is InChI=1S/C30H26N3.C12H10N.Ir/c1-20-8-10-21(11-9-20)25-12-13-26(29-28(25)32-16-17-33-29)22-6-5-7-23(18-22)27-19-24(14-15-31-27)30(2,3)4;1-10-7-8-13-12(9-10)11-5-3-2-4-6-11;/h5-6,8-19H,1-4H3;2-5,7-9H,1H3;/q2*-1;. The molecule has 0 fully saturated rings. The zero-order valence-electron chi connectivity index (χ0n) is 27.2. The van der Waals surface area contributed by atoms with E-state index >= 15 is 0 Å². The molecule has 0 aliphatic carbocycles. The van der Waals surface area contributed by atoms with Gasteiger partial charge in [0, 0.05) is 50.5 Å². The minimum absolute atomic E-state index is 0. The third-order valence-corrected chi connectivity index (χ3v) is 7.90. The van der Waals surface area contributed by atoms with Crippen molar-refractivity contribution in [2.24, 2.45) is 0 Å². The van der Waals surface area contributed by atoms with Crippen molar-refractivity contribution >= 4 is 11.0 Å². The van der Waals surface area contributed by atoms with Gasteiger partial charge in [0.05, 0.1) is 11.0 Å². The molecule has 7 rings (SSSR count). The van der Waals surface area contributed by atoms with Crippen LogP contribution in [0.4, 0.5) is 0 Å². The van der Waals surface area contributed by atoms with Crippen LogP contribution >= 0.6 is 0 Å². The molecule has 0 aliphatic rings. The van der Waals surface area contributed by atoms with E-state index in [1.54, 1.807) is 12.4 Å². The molecule has 0 N–H and O–H groups in total. The number of aromatic nitrogens is 4. The van der Waals surface area contributed by atoms with E-state index in [4.69, 9.17) is 9.97 Å². The van der Waals surface area contributed by atoms with Crippen molar-refractivity contribution in [2.45, 2.75) is 40.0 Å². The van der Waals surface area contributed by atoms with E-state index in [2.05, 4.69) is 123 Å². The summed E-state index contributed by atoms with van der Waals surface area (Å²) in [6.07, 6.45) is 7.23. The number of fused-ring (bicyclic) bond motifs is 1. The van der Waals surface area contributed by atoms with Crippen LogP contribution in [0.15, 0.2) is 128 Å². The summed E-state index contributed by atoms with van der Waals surface area (Å²) in [7, 11) is 0. The van der Waals surface area contributed by atoms with Gasteiger partial charge >= 0.3 is 0 Å². The second kappa shape index (κ2) is 14.7. The normalized spacial score (nSPS) is 10.9. The Balaban J connectivity index is 0.000000260. The first-order chi connectivity index (χ1) is 22.3. The topological polar surface area (TPSA) is 51.6 Å². The van der Waals surface area contributed by atoms with Gasteiger partial charge in [0.25, 0.3) is 0 Å². The molecular weight excluding hydrogens is 753 g/mol. The number of pyridine rings is 2. The molecule has 235 valence electrons. The van der Waals surface area contributed by atoms with Gasteiger partial charge in [0.1, 0.15) is 0 Å². The van der Waals surface area contributed by atoms with Crippen LogP contribution in [0.1, 0.15) is 37.5 Å². The average molecular weight is 789 g/mol. The van der Waals surface area contributed by atoms with Crippen molar-refractivity contribution < 1.29 is 20.1 Å². The Morgan fingerprint density at radius 1 is 0.511 bits per heavy atom. The average Bonchev–Trinajstić information content (AvgIpc) is 3.09. The predicted octanol–water partition coefficient (Wildman–Crippen LogP) is 10.3. The molecule has 0 atom stereocenters. The molecule has 4 nitrogen and oxygen atoms in total. The zero-order chi connectivity index (χ0) is 32.1. The maximum atomic E-state index is 4.72. The molecule has 47 heavy (non-hydrogen) atoms. The first-order valence-corrected chi connectivity index (χ1v) is 15.5. The van der Waals surface area contributed by atoms with Crippen LogP contribution in [0.3, 0.4) is 0 Å². The van der Waals surface area contributed by atoms with Gasteiger partial charge < -0.3 is 9.97 Å². The van der Waals surface area contributed by atoms with Gasteiger partial charge in [-0.15, -0.1) is 65.7 Å². The second-order valence-corrected chi connectivity index (χ2v) is 12.4. The van der Waals surface area contributed by atoms with E-state index in [0.717, 1.165) is 55.8 Å². The van der Waals surface area contributed by atoms with E-state index in [0.29, 0.717) is 0 Å². The van der Waals surface area contributed by atoms with Crippen LogP contribution < -0.4 is 0 Å². The van der Waals surface area contributed by atoms with Crippen molar-refractivity contribution in [3.05, 3.63) is 157 Å². The van der Waals surface area contributed by atoms with Gasteiger partial charge in [-0.25, -0.2) is 0 Å².